The van der Waals surface area contributed by atoms with Crippen LogP contribution >= 0.6 is 0 Å². The first-order chi connectivity index (χ1) is 9.27. The largest absolute Gasteiger partial charge is 0.461 e. The molecule has 0 unspecified atom stereocenters. The van der Waals surface area contributed by atoms with E-state index in [0.29, 0.717) is 17.7 Å². The molecule has 0 atom stereocenters. The molecule has 0 rings (SSSR count). The first-order valence-corrected chi connectivity index (χ1v) is 6.93. The molecule has 0 fully saturated rings. The molecule has 0 saturated carbocycles. The van der Waals surface area contributed by atoms with E-state index in [4.69, 9.17) is 10.9 Å². The smallest absolute Gasteiger partial charge is 0.333 e. The van der Waals surface area contributed by atoms with Crippen molar-refractivity contribution in [3.8, 4) is 0 Å². The number of ether oxygens (including phenoxy) is 1. The van der Waals surface area contributed by atoms with Gasteiger partial charge in [-0.3, -0.25) is 4.90 Å². The Kier molecular flexibility index (Phi) is 13.9. The van der Waals surface area contributed by atoms with E-state index >= 15 is 0 Å². The summed E-state index contributed by atoms with van der Waals surface area (Å²) in [5.41, 5.74) is 7.68. The number of nitrogens with zero attached hydrogens (tertiary/aromatic N) is 1. The highest BCUT2D eigenvalue weighted by Crippen LogP contribution is 2.02. The van der Waals surface area contributed by atoms with Gasteiger partial charge in [-0.15, -0.1) is 0 Å². The van der Waals surface area contributed by atoms with E-state index in [-0.39, 0.29) is 16.0 Å². The summed E-state index contributed by atoms with van der Waals surface area (Å²) >= 11 is 0. The number of hydrogen-bond donors (Lipinski definition) is 3. The molecule has 0 heterocycles. The maximum Gasteiger partial charge on any atom is 0.333 e. The molecule has 4 N–H and O–H groups in total. The lowest BCUT2D eigenvalue weighted by molar-refractivity contribution is -0.139. The maximum atomic E-state index is 10.6. The molecule has 20 heavy (non-hydrogen) atoms. The van der Waals surface area contributed by atoms with Crippen molar-refractivity contribution < 1.29 is 17.6 Å². The van der Waals surface area contributed by atoms with Crippen LogP contribution in [0.1, 0.15) is 37.5 Å². The Labute approximate surface area is 125 Å². The molecular weight excluding hydrogens is 258 g/mol. The van der Waals surface area contributed by atoms with Crippen LogP contribution in [0.4, 0.5) is 0 Å². The molecule has 0 spiro atoms. The van der Waals surface area contributed by atoms with E-state index in [9.17, 15) is 4.79 Å². The predicted octanol–water partition coefficient (Wildman–Crippen LogP) is 1.64. The fourth-order valence-corrected chi connectivity index (χ4v) is 1.57. The highest BCUT2D eigenvalue weighted by molar-refractivity contribution is 5.86. The van der Waals surface area contributed by atoms with E-state index < -0.39 is 5.97 Å². The van der Waals surface area contributed by atoms with E-state index in [1.54, 1.807) is 6.92 Å². The van der Waals surface area contributed by atoms with Gasteiger partial charge in [-0.05, 0) is 34.6 Å². The van der Waals surface area contributed by atoms with Gasteiger partial charge in [-0.1, -0.05) is 6.58 Å². The number of hydroxylamine groups is 1. The summed E-state index contributed by atoms with van der Waals surface area (Å²) in [6.07, 6.45) is 0. The Morgan fingerprint density at radius 1 is 1.40 bits per heavy atom. The molecule has 0 aliphatic carbocycles. The van der Waals surface area contributed by atoms with Gasteiger partial charge in [-0.25, -0.2) is 10.3 Å². The van der Waals surface area contributed by atoms with Crippen LogP contribution in [0.15, 0.2) is 12.2 Å². The van der Waals surface area contributed by atoms with Crippen molar-refractivity contribution in [2.75, 3.05) is 26.2 Å². The number of esters is 1. The van der Waals surface area contributed by atoms with E-state index in [0.717, 1.165) is 13.1 Å². The first kappa shape index (κ1) is 21.4. The molecule has 0 aromatic carbocycles. The second kappa shape index (κ2) is 13.1. The highest BCUT2D eigenvalue weighted by atomic mass is 16.5. The van der Waals surface area contributed by atoms with E-state index in [2.05, 4.69) is 43.9 Å². The monoisotopic (exact) mass is 293 g/mol. The van der Waals surface area contributed by atoms with Gasteiger partial charge in [0.2, 0.25) is 0 Å². The number of nitrogens with one attached hydrogen (secondary N) is 1. The van der Waals surface area contributed by atoms with Crippen LogP contribution in [0.2, 0.25) is 0 Å². The zero-order valence-corrected chi connectivity index (χ0v) is 13.5. The lowest BCUT2D eigenvalue weighted by atomic mass is 10.2. The van der Waals surface area contributed by atoms with Gasteiger partial charge in [0.25, 0.3) is 0 Å². The zero-order valence-electron chi connectivity index (χ0n) is 13.5. The molecule has 0 aromatic rings. The molecule has 6 nitrogen and oxygen atoms in total. The molecule has 6 heteroatoms. The topological polar surface area (TPSA) is 87.8 Å². The van der Waals surface area contributed by atoms with Crippen LogP contribution in [-0.4, -0.2) is 54.4 Å². The van der Waals surface area contributed by atoms with Gasteiger partial charge in [0.05, 0.1) is 6.54 Å². The summed E-state index contributed by atoms with van der Waals surface area (Å²) in [7, 11) is 0. The standard InChI is InChI=1S/C8H20N2.C6H11NO3.2H2/c1-7(2)10(6-5-9)8(3)4;1-5(2)6(8)10-4-3-7-9;;/h7-8H,5-6,9H2,1-4H3;7,9H,1,3-4H2,2H3;2*1H. The van der Waals surface area contributed by atoms with Crippen molar-refractivity contribution in [2.24, 2.45) is 5.73 Å². The second-order valence-corrected chi connectivity index (χ2v) is 5.04. The predicted molar refractivity (Wildman–Crippen MR) is 85.8 cm³/mol. The number of hydrogen-bond acceptors (Lipinski definition) is 6. The summed E-state index contributed by atoms with van der Waals surface area (Å²) < 4.78 is 4.58. The summed E-state index contributed by atoms with van der Waals surface area (Å²) in [5.74, 6) is -0.435. The summed E-state index contributed by atoms with van der Waals surface area (Å²) in [6, 6.07) is 1.23. The van der Waals surface area contributed by atoms with Crippen molar-refractivity contribution >= 4 is 5.97 Å². The Balaban J connectivity index is -0.000000135. The average molecular weight is 293 g/mol. The molecule has 0 aliphatic heterocycles. The normalized spacial score (nSPS) is 10.5. The molecule has 0 amide bonds. The third kappa shape index (κ3) is 12.1. The van der Waals surface area contributed by atoms with Crippen molar-refractivity contribution in [1.82, 2.24) is 10.4 Å². The Bertz CT molecular complexity index is 270. The molecule has 124 valence electrons. The first-order valence-electron chi connectivity index (χ1n) is 6.93. The van der Waals surface area contributed by atoms with Crippen LogP contribution in [0, 0.1) is 0 Å². The van der Waals surface area contributed by atoms with Crippen molar-refractivity contribution in [3.05, 3.63) is 12.2 Å². The number of nitrogens with two attached hydrogens (primary N) is 1. The minimum Gasteiger partial charge on any atom is -0.461 e. The van der Waals surface area contributed by atoms with Gasteiger partial charge >= 0.3 is 5.97 Å². The van der Waals surface area contributed by atoms with Crippen molar-refractivity contribution in [2.45, 2.75) is 46.7 Å². The van der Waals surface area contributed by atoms with Gasteiger partial charge < -0.3 is 15.7 Å². The van der Waals surface area contributed by atoms with Crippen LogP contribution in [0.25, 0.3) is 0 Å². The zero-order chi connectivity index (χ0) is 16.1. The fraction of sp³-hybridized carbons (Fsp3) is 0.786. The second-order valence-electron chi connectivity index (χ2n) is 5.04. The summed E-state index contributed by atoms with van der Waals surface area (Å²) in [5, 5.41) is 8.05. The Morgan fingerprint density at radius 2 is 1.90 bits per heavy atom. The molecule has 0 aliphatic rings. The average Bonchev–Trinajstić information content (AvgIpc) is 2.35. The van der Waals surface area contributed by atoms with Crippen LogP contribution in [0.5, 0.6) is 0 Å². The molecule has 0 aromatic heterocycles. The van der Waals surface area contributed by atoms with Crippen molar-refractivity contribution in [3.63, 3.8) is 0 Å². The number of rotatable bonds is 8. The Hall–Kier alpha value is -0.950. The third-order valence-corrected chi connectivity index (χ3v) is 2.51. The lowest BCUT2D eigenvalue weighted by Crippen LogP contribution is -2.40. The number of carbonyl (C=O) groups excluding carboxylic acids is 1. The third-order valence-electron chi connectivity index (χ3n) is 2.51. The minimum atomic E-state index is -0.435. The summed E-state index contributed by atoms with van der Waals surface area (Å²) in [4.78, 5) is 13.0. The lowest BCUT2D eigenvalue weighted by Gasteiger charge is -2.29. The van der Waals surface area contributed by atoms with E-state index in [1.807, 2.05) is 5.48 Å². The van der Waals surface area contributed by atoms with Crippen LogP contribution in [-0.2, 0) is 9.53 Å². The van der Waals surface area contributed by atoms with Gasteiger partial charge in [-0.2, -0.15) is 0 Å². The molecule has 0 saturated heterocycles. The molecule has 0 bridgehead atoms. The minimum absolute atomic E-state index is 0. The quantitative estimate of drug-likeness (QED) is 0.273. The van der Waals surface area contributed by atoms with Crippen LogP contribution < -0.4 is 11.2 Å². The van der Waals surface area contributed by atoms with Crippen molar-refractivity contribution in [1.29, 1.82) is 0 Å². The van der Waals surface area contributed by atoms with Gasteiger partial charge in [0.1, 0.15) is 6.61 Å². The highest BCUT2D eigenvalue weighted by Gasteiger charge is 2.10. The maximum absolute atomic E-state index is 10.6. The molecule has 0 radical (unpaired) electrons. The summed E-state index contributed by atoms with van der Waals surface area (Å²) in [6.45, 7) is 15.9. The van der Waals surface area contributed by atoms with Crippen LogP contribution in [0.3, 0.4) is 0 Å². The van der Waals surface area contributed by atoms with Gasteiger partial charge in [0, 0.05) is 33.6 Å². The number of carbonyl (C=O) groups is 1. The molecular formula is C14H35N3O3. The fourth-order valence-electron chi connectivity index (χ4n) is 1.57. The van der Waals surface area contributed by atoms with Gasteiger partial charge in [0.15, 0.2) is 0 Å². The van der Waals surface area contributed by atoms with E-state index in [1.165, 1.54) is 0 Å². The Morgan fingerprint density at radius 3 is 2.15 bits per heavy atom. The SMILES string of the molecule is C=C(C)C(=O)OCCNO.CC(C)N(CCN)C(C)C.[HH].[HH].